The first-order chi connectivity index (χ1) is 6.57. The van der Waals surface area contributed by atoms with E-state index in [1.807, 2.05) is 11.9 Å². The zero-order valence-corrected chi connectivity index (χ0v) is 9.55. The van der Waals surface area contributed by atoms with Crippen molar-refractivity contribution in [1.82, 2.24) is 4.90 Å². The predicted molar refractivity (Wildman–Crippen MR) is 56.9 cm³/mol. The summed E-state index contributed by atoms with van der Waals surface area (Å²) in [5.74, 6) is 0.968. The summed E-state index contributed by atoms with van der Waals surface area (Å²) in [5, 5.41) is 0. The highest BCUT2D eigenvalue weighted by Gasteiger charge is 2.52. The predicted octanol–water partition coefficient (Wildman–Crippen LogP) is 2.43. The van der Waals surface area contributed by atoms with Crippen LogP contribution in [0.15, 0.2) is 0 Å². The number of hydrogen-bond donors (Lipinski definition) is 0. The number of amides is 1. The summed E-state index contributed by atoms with van der Waals surface area (Å²) in [6, 6.07) is 0.498. The quantitative estimate of drug-likeness (QED) is 0.629. The standard InChI is InChI=1S/C12H21NO/c1-9(2)11-12(6-4-5-7-12)8-10(14)13(11)3/h9,11H,4-8H2,1-3H3. The summed E-state index contributed by atoms with van der Waals surface area (Å²) in [6.45, 7) is 4.50. The first kappa shape index (κ1) is 10.0. The van der Waals surface area contributed by atoms with Crippen molar-refractivity contribution in [3.63, 3.8) is 0 Å². The molecule has 1 heterocycles. The summed E-state index contributed by atoms with van der Waals surface area (Å²) in [4.78, 5) is 13.8. The van der Waals surface area contributed by atoms with Gasteiger partial charge in [0.25, 0.3) is 0 Å². The van der Waals surface area contributed by atoms with Gasteiger partial charge in [0.2, 0.25) is 5.91 Å². The van der Waals surface area contributed by atoms with E-state index in [-0.39, 0.29) is 0 Å². The minimum Gasteiger partial charge on any atom is -0.342 e. The normalized spacial score (nSPS) is 31.0. The van der Waals surface area contributed by atoms with Crippen molar-refractivity contribution in [2.45, 2.75) is 52.0 Å². The number of hydrogen-bond acceptors (Lipinski definition) is 1. The highest BCUT2D eigenvalue weighted by molar-refractivity contribution is 5.80. The SMILES string of the molecule is CC(C)C1N(C)C(=O)CC12CCCC2. The molecular weight excluding hydrogens is 174 g/mol. The second-order valence-corrected chi connectivity index (χ2v) is 5.44. The van der Waals surface area contributed by atoms with Crippen LogP contribution in [0.1, 0.15) is 46.0 Å². The van der Waals surface area contributed by atoms with E-state index in [2.05, 4.69) is 13.8 Å². The van der Waals surface area contributed by atoms with Gasteiger partial charge in [0, 0.05) is 19.5 Å². The van der Waals surface area contributed by atoms with Gasteiger partial charge in [-0.3, -0.25) is 4.79 Å². The van der Waals surface area contributed by atoms with E-state index in [0.29, 0.717) is 23.3 Å². The number of carbonyl (C=O) groups is 1. The fourth-order valence-electron chi connectivity index (χ4n) is 3.80. The van der Waals surface area contributed by atoms with Gasteiger partial charge in [-0.1, -0.05) is 26.7 Å². The molecule has 0 radical (unpaired) electrons. The first-order valence-electron chi connectivity index (χ1n) is 5.82. The number of likely N-dealkylation sites (tertiary alicyclic amines) is 1. The third-order valence-electron chi connectivity index (χ3n) is 4.17. The molecule has 80 valence electrons. The van der Waals surface area contributed by atoms with Gasteiger partial charge in [-0.25, -0.2) is 0 Å². The van der Waals surface area contributed by atoms with Crippen molar-refractivity contribution in [3.05, 3.63) is 0 Å². The Morgan fingerprint density at radius 1 is 1.36 bits per heavy atom. The Hall–Kier alpha value is -0.530. The second-order valence-electron chi connectivity index (χ2n) is 5.44. The van der Waals surface area contributed by atoms with Gasteiger partial charge in [0.05, 0.1) is 0 Å². The molecule has 1 aliphatic heterocycles. The molecule has 0 N–H and O–H groups in total. The molecule has 2 nitrogen and oxygen atoms in total. The zero-order valence-electron chi connectivity index (χ0n) is 9.55. The van der Waals surface area contributed by atoms with Gasteiger partial charge in [0.1, 0.15) is 0 Å². The first-order valence-corrected chi connectivity index (χ1v) is 5.82. The molecule has 1 atom stereocenters. The topological polar surface area (TPSA) is 20.3 Å². The van der Waals surface area contributed by atoms with Crippen molar-refractivity contribution in [1.29, 1.82) is 0 Å². The van der Waals surface area contributed by atoms with Crippen LogP contribution in [-0.2, 0) is 4.79 Å². The lowest BCUT2D eigenvalue weighted by Gasteiger charge is -2.36. The van der Waals surface area contributed by atoms with Gasteiger partial charge in [-0.15, -0.1) is 0 Å². The number of nitrogens with zero attached hydrogens (tertiary/aromatic N) is 1. The van der Waals surface area contributed by atoms with E-state index in [1.54, 1.807) is 0 Å². The molecule has 14 heavy (non-hydrogen) atoms. The summed E-state index contributed by atoms with van der Waals surface area (Å²) >= 11 is 0. The Morgan fingerprint density at radius 3 is 2.43 bits per heavy atom. The molecule has 1 amide bonds. The highest BCUT2D eigenvalue weighted by atomic mass is 16.2. The molecule has 0 aromatic heterocycles. The molecule has 1 saturated carbocycles. The smallest absolute Gasteiger partial charge is 0.223 e. The van der Waals surface area contributed by atoms with Gasteiger partial charge in [-0.05, 0) is 24.2 Å². The van der Waals surface area contributed by atoms with Crippen molar-refractivity contribution in [2.24, 2.45) is 11.3 Å². The summed E-state index contributed by atoms with van der Waals surface area (Å²) in [7, 11) is 1.99. The van der Waals surface area contributed by atoms with Crippen molar-refractivity contribution in [3.8, 4) is 0 Å². The van der Waals surface area contributed by atoms with E-state index in [1.165, 1.54) is 25.7 Å². The average molecular weight is 195 g/mol. The maximum absolute atomic E-state index is 11.8. The zero-order chi connectivity index (χ0) is 10.3. The lowest BCUT2D eigenvalue weighted by atomic mass is 9.74. The van der Waals surface area contributed by atoms with E-state index in [4.69, 9.17) is 0 Å². The molecule has 1 aliphatic carbocycles. The lowest BCUT2D eigenvalue weighted by Crippen LogP contribution is -2.41. The molecule has 2 aliphatic rings. The molecule has 2 fully saturated rings. The van der Waals surface area contributed by atoms with Crippen molar-refractivity contribution >= 4 is 5.91 Å². The Kier molecular flexibility index (Phi) is 2.32. The monoisotopic (exact) mass is 195 g/mol. The maximum Gasteiger partial charge on any atom is 0.223 e. The van der Waals surface area contributed by atoms with Crippen LogP contribution < -0.4 is 0 Å². The third-order valence-corrected chi connectivity index (χ3v) is 4.17. The van der Waals surface area contributed by atoms with Crippen LogP contribution in [0, 0.1) is 11.3 Å². The number of carbonyl (C=O) groups excluding carboxylic acids is 1. The molecule has 1 unspecified atom stereocenters. The Morgan fingerprint density at radius 2 is 1.93 bits per heavy atom. The fourth-order valence-corrected chi connectivity index (χ4v) is 3.80. The molecular formula is C12H21NO. The summed E-state index contributed by atoms with van der Waals surface area (Å²) in [5.41, 5.74) is 0.347. The minimum atomic E-state index is 0.347. The van der Waals surface area contributed by atoms with Crippen LogP contribution in [0.2, 0.25) is 0 Å². The minimum absolute atomic E-state index is 0.347. The van der Waals surface area contributed by atoms with Gasteiger partial charge in [-0.2, -0.15) is 0 Å². The van der Waals surface area contributed by atoms with Crippen LogP contribution in [0.3, 0.4) is 0 Å². The molecule has 2 rings (SSSR count). The van der Waals surface area contributed by atoms with Gasteiger partial charge < -0.3 is 4.90 Å². The van der Waals surface area contributed by atoms with E-state index < -0.39 is 0 Å². The lowest BCUT2D eigenvalue weighted by molar-refractivity contribution is -0.128. The second kappa shape index (κ2) is 3.25. The number of rotatable bonds is 1. The van der Waals surface area contributed by atoms with E-state index in [9.17, 15) is 4.79 Å². The molecule has 0 aromatic carbocycles. The molecule has 1 spiro atoms. The van der Waals surface area contributed by atoms with E-state index in [0.717, 1.165) is 6.42 Å². The van der Waals surface area contributed by atoms with Crippen LogP contribution in [-0.4, -0.2) is 23.9 Å². The summed E-state index contributed by atoms with van der Waals surface area (Å²) < 4.78 is 0. The van der Waals surface area contributed by atoms with Crippen LogP contribution in [0.25, 0.3) is 0 Å². The van der Waals surface area contributed by atoms with E-state index >= 15 is 0 Å². The van der Waals surface area contributed by atoms with Gasteiger partial charge >= 0.3 is 0 Å². The van der Waals surface area contributed by atoms with Gasteiger partial charge in [0.15, 0.2) is 0 Å². The van der Waals surface area contributed by atoms with Crippen molar-refractivity contribution in [2.75, 3.05) is 7.05 Å². The van der Waals surface area contributed by atoms with Crippen LogP contribution in [0.4, 0.5) is 0 Å². The molecule has 0 aromatic rings. The Balaban J connectivity index is 2.28. The Bertz CT molecular complexity index is 241. The third kappa shape index (κ3) is 1.27. The fraction of sp³-hybridized carbons (Fsp3) is 0.917. The van der Waals surface area contributed by atoms with Crippen LogP contribution in [0.5, 0.6) is 0 Å². The van der Waals surface area contributed by atoms with Crippen LogP contribution >= 0.6 is 0 Å². The summed E-state index contributed by atoms with van der Waals surface area (Å²) in [6.07, 6.45) is 6.00. The molecule has 2 heteroatoms. The van der Waals surface area contributed by atoms with Crippen molar-refractivity contribution < 1.29 is 4.79 Å². The maximum atomic E-state index is 11.8. The molecule has 0 bridgehead atoms. The highest BCUT2D eigenvalue weighted by Crippen LogP contribution is 2.51. The average Bonchev–Trinajstić information content (AvgIpc) is 2.61. The largest absolute Gasteiger partial charge is 0.342 e. The Labute approximate surface area is 86.7 Å². The molecule has 1 saturated heterocycles.